The lowest BCUT2D eigenvalue weighted by molar-refractivity contribution is -0.00620. The summed E-state index contributed by atoms with van der Waals surface area (Å²) in [4.78, 5) is 0. The van der Waals surface area contributed by atoms with Crippen molar-refractivity contribution >= 4 is 0 Å². The molecule has 10 heavy (non-hydrogen) atoms. The standard InChI is InChI=1S/C7H13NO2/c1-7(10,6-9)4-2-3-5-8/h9-10H,2-4,6H2,1H3. The van der Waals surface area contributed by atoms with E-state index in [2.05, 4.69) is 0 Å². The van der Waals surface area contributed by atoms with E-state index in [-0.39, 0.29) is 6.61 Å². The fourth-order valence-electron chi connectivity index (χ4n) is 0.627. The molecule has 0 bridgehead atoms. The van der Waals surface area contributed by atoms with Crippen LogP contribution in [0.1, 0.15) is 26.2 Å². The summed E-state index contributed by atoms with van der Waals surface area (Å²) in [6.45, 7) is 1.32. The van der Waals surface area contributed by atoms with Crippen molar-refractivity contribution in [3.8, 4) is 6.07 Å². The average molecular weight is 143 g/mol. The van der Waals surface area contributed by atoms with Gasteiger partial charge in [-0.25, -0.2) is 0 Å². The minimum Gasteiger partial charge on any atom is -0.393 e. The molecule has 0 aliphatic carbocycles. The van der Waals surface area contributed by atoms with Crippen molar-refractivity contribution < 1.29 is 10.2 Å². The van der Waals surface area contributed by atoms with Crippen molar-refractivity contribution in [1.29, 1.82) is 5.26 Å². The molecule has 0 aromatic rings. The summed E-state index contributed by atoms with van der Waals surface area (Å²) in [7, 11) is 0. The number of rotatable bonds is 4. The molecule has 0 saturated heterocycles. The van der Waals surface area contributed by atoms with Crippen LogP contribution in [0.25, 0.3) is 0 Å². The molecule has 3 heteroatoms. The molecular formula is C7H13NO2. The summed E-state index contributed by atoms with van der Waals surface area (Å²) in [5.41, 5.74) is -1.00. The Labute approximate surface area is 60.9 Å². The minimum absolute atomic E-state index is 0.238. The van der Waals surface area contributed by atoms with E-state index < -0.39 is 5.60 Å². The summed E-state index contributed by atoms with van der Waals surface area (Å²) in [6.07, 6.45) is 1.57. The monoisotopic (exact) mass is 143 g/mol. The summed E-state index contributed by atoms with van der Waals surface area (Å²) >= 11 is 0. The molecule has 0 amide bonds. The van der Waals surface area contributed by atoms with E-state index in [1.54, 1.807) is 6.92 Å². The van der Waals surface area contributed by atoms with Gasteiger partial charge in [0.25, 0.3) is 0 Å². The molecule has 1 unspecified atom stereocenters. The minimum atomic E-state index is -1.00. The lowest BCUT2D eigenvalue weighted by Gasteiger charge is -2.18. The highest BCUT2D eigenvalue weighted by Gasteiger charge is 2.17. The van der Waals surface area contributed by atoms with Gasteiger partial charge < -0.3 is 10.2 Å². The van der Waals surface area contributed by atoms with Crippen LogP contribution in [-0.4, -0.2) is 22.4 Å². The van der Waals surface area contributed by atoms with Gasteiger partial charge in [-0.1, -0.05) is 0 Å². The second-order valence-electron chi connectivity index (χ2n) is 2.67. The van der Waals surface area contributed by atoms with Crippen molar-refractivity contribution in [2.45, 2.75) is 31.8 Å². The third-order valence-corrected chi connectivity index (χ3v) is 1.34. The zero-order chi connectivity index (χ0) is 8.04. The quantitative estimate of drug-likeness (QED) is 0.561. The Bertz CT molecular complexity index is 126. The van der Waals surface area contributed by atoms with Crippen LogP contribution in [0.4, 0.5) is 0 Å². The summed E-state index contributed by atoms with van der Waals surface area (Å²) in [5.74, 6) is 0. The molecule has 0 aromatic carbocycles. The van der Waals surface area contributed by atoms with Gasteiger partial charge in [0.1, 0.15) is 0 Å². The van der Waals surface area contributed by atoms with E-state index >= 15 is 0 Å². The van der Waals surface area contributed by atoms with Crippen LogP contribution in [0.15, 0.2) is 0 Å². The van der Waals surface area contributed by atoms with Gasteiger partial charge >= 0.3 is 0 Å². The second-order valence-corrected chi connectivity index (χ2v) is 2.67. The zero-order valence-electron chi connectivity index (χ0n) is 6.17. The van der Waals surface area contributed by atoms with Crippen molar-refractivity contribution in [2.75, 3.05) is 6.61 Å². The molecular weight excluding hydrogens is 130 g/mol. The van der Waals surface area contributed by atoms with Gasteiger partial charge in [-0.2, -0.15) is 5.26 Å². The molecule has 0 aliphatic rings. The zero-order valence-corrected chi connectivity index (χ0v) is 6.17. The van der Waals surface area contributed by atoms with Crippen LogP contribution in [0.2, 0.25) is 0 Å². The lowest BCUT2D eigenvalue weighted by Crippen LogP contribution is -2.28. The Kier molecular flexibility index (Phi) is 4.01. The maximum atomic E-state index is 9.19. The molecule has 0 aliphatic heterocycles. The topological polar surface area (TPSA) is 64.2 Å². The number of aliphatic hydroxyl groups excluding tert-OH is 1. The maximum absolute atomic E-state index is 9.19. The Morgan fingerprint density at radius 1 is 1.60 bits per heavy atom. The smallest absolute Gasteiger partial charge is 0.0849 e. The van der Waals surface area contributed by atoms with Gasteiger partial charge in [-0.05, 0) is 19.8 Å². The van der Waals surface area contributed by atoms with Crippen LogP contribution >= 0.6 is 0 Å². The average Bonchev–Trinajstić information content (AvgIpc) is 1.89. The van der Waals surface area contributed by atoms with Crippen molar-refractivity contribution in [3.63, 3.8) is 0 Å². The summed E-state index contributed by atoms with van der Waals surface area (Å²) in [6, 6.07) is 1.97. The highest BCUT2D eigenvalue weighted by molar-refractivity contribution is 4.75. The first-order chi connectivity index (χ1) is 4.62. The molecule has 0 saturated carbocycles. The van der Waals surface area contributed by atoms with Crippen molar-refractivity contribution in [2.24, 2.45) is 0 Å². The molecule has 0 heterocycles. The van der Waals surface area contributed by atoms with Gasteiger partial charge in [0.15, 0.2) is 0 Å². The molecule has 0 radical (unpaired) electrons. The van der Waals surface area contributed by atoms with Gasteiger partial charge in [0, 0.05) is 6.42 Å². The highest BCUT2D eigenvalue weighted by Crippen LogP contribution is 2.11. The van der Waals surface area contributed by atoms with E-state index in [1.165, 1.54) is 0 Å². The summed E-state index contributed by atoms with van der Waals surface area (Å²) in [5, 5.41) is 25.9. The molecule has 0 spiro atoms. The Balaban J connectivity index is 3.39. The second kappa shape index (κ2) is 4.26. The third kappa shape index (κ3) is 4.30. The highest BCUT2D eigenvalue weighted by atomic mass is 16.3. The Hall–Kier alpha value is -0.590. The van der Waals surface area contributed by atoms with Crippen LogP contribution in [0.3, 0.4) is 0 Å². The Morgan fingerprint density at radius 2 is 2.20 bits per heavy atom. The van der Waals surface area contributed by atoms with Crippen LogP contribution in [0.5, 0.6) is 0 Å². The van der Waals surface area contributed by atoms with E-state index in [1.807, 2.05) is 6.07 Å². The molecule has 0 aromatic heterocycles. The molecule has 0 rings (SSSR count). The largest absolute Gasteiger partial charge is 0.393 e. The first-order valence-electron chi connectivity index (χ1n) is 3.32. The maximum Gasteiger partial charge on any atom is 0.0849 e. The van der Waals surface area contributed by atoms with Gasteiger partial charge in [-0.15, -0.1) is 0 Å². The third-order valence-electron chi connectivity index (χ3n) is 1.34. The van der Waals surface area contributed by atoms with Crippen LogP contribution in [-0.2, 0) is 0 Å². The van der Waals surface area contributed by atoms with E-state index in [0.717, 1.165) is 0 Å². The normalized spacial score (nSPS) is 15.8. The molecule has 0 fully saturated rings. The lowest BCUT2D eigenvalue weighted by atomic mass is 10.0. The number of hydrogen-bond acceptors (Lipinski definition) is 3. The molecule has 3 nitrogen and oxygen atoms in total. The van der Waals surface area contributed by atoms with E-state index in [0.29, 0.717) is 19.3 Å². The van der Waals surface area contributed by atoms with Gasteiger partial charge in [0.2, 0.25) is 0 Å². The number of hydrogen-bond donors (Lipinski definition) is 2. The van der Waals surface area contributed by atoms with Crippen LogP contribution < -0.4 is 0 Å². The van der Waals surface area contributed by atoms with Crippen molar-refractivity contribution in [1.82, 2.24) is 0 Å². The van der Waals surface area contributed by atoms with Gasteiger partial charge in [-0.3, -0.25) is 0 Å². The number of unbranched alkanes of at least 4 members (excludes halogenated alkanes) is 1. The van der Waals surface area contributed by atoms with E-state index in [4.69, 9.17) is 10.4 Å². The first kappa shape index (κ1) is 9.41. The SMILES string of the molecule is CC(O)(CO)CCCC#N. The predicted octanol–water partition coefficient (Wildman–Crippen LogP) is 0.424. The molecule has 58 valence electrons. The Morgan fingerprint density at radius 3 is 2.60 bits per heavy atom. The van der Waals surface area contributed by atoms with E-state index in [9.17, 15) is 5.11 Å². The summed E-state index contributed by atoms with van der Waals surface area (Å²) < 4.78 is 0. The molecule has 1 atom stereocenters. The van der Waals surface area contributed by atoms with Crippen LogP contribution in [0, 0.1) is 11.3 Å². The fraction of sp³-hybridized carbons (Fsp3) is 0.857. The molecule has 2 N–H and O–H groups in total. The number of nitriles is 1. The first-order valence-corrected chi connectivity index (χ1v) is 3.32. The van der Waals surface area contributed by atoms with Crippen molar-refractivity contribution in [3.05, 3.63) is 0 Å². The number of aliphatic hydroxyl groups is 2. The number of nitrogens with zero attached hydrogens (tertiary/aromatic N) is 1. The fourth-order valence-corrected chi connectivity index (χ4v) is 0.627. The van der Waals surface area contributed by atoms with Gasteiger partial charge in [0.05, 0.1) is 18.3 Å². The predicted molar refractivity (Wildman–Crippen MR) is 37.2 cm³/mol.